The average Bonchev–Trinajstić information content (AvgIpc) is 3.20. The zero-order chi connectivity index (χ0) is 16.2. The maximum atomic E-state index is 13.0. The molecule has 0 bridgehead atoms. The van der Waals surface area contributed by atoms with Gasteiger partial charge in [-0.3, -0.25) is 9.89 Å². The second-order valence-corrected chi connectivity index (χ2v) is 7.49. The molecule has 0 radical (unpaired) electrons. The molecule has 5 nitrogen and oxygen atoms in total. The van der Waals surface area contributed by atoms with Crippen LogP contribution in [0, 0.1) is 0 Å². The van der Waals surface area contributed by atoms with E-state index in [1.807, 2.05) is 35.4 Å². The summed E-state index contributed by atoms with van der Waals surface area (Å²) in [7, 11) is 0. The van der Waals surface area contributed by atoms with E-state index >= 15 is 0 Å². The minimum atomic E-state index is -0.155. The fraction of sp³-hybridized carbons (Fsp3) is 0.444. The van der Waals surface area contributed by atoms with Crippen molar-refractivity contribution >= 4 is 11.6 Å². The van der Waals surface area contributed by atoms with Crippen LogP contribution in [0.3, 0.4) is 0 Å². The maximum Gasteiger partial charge on any atom is 0.258 e. The monoisotopic (exact) mass is 310 g/mol. The molecule has 120 valence electrons. The van der Waals surface area contributed by atoms with Gasteiger partial charge in [0.1, 0.15) is 6.17 Å². The van der Waals surface area contributed by atoms with E-state index in [4.69, 9.17) is 0 Å². The molecule has 1 aliphatic heterocycles. The number of rotatable bonds is 2. The van der Waals surface area contributed by atoms with Crippen LogP contribution in [0.1, 0.15) is 61.4 Å². The Morgan fingerprint density at radius 1 is 1.22 bits per heavy atom. The number of carbonyl (C=O) groups is 1. The van der Waals surface area contributed by atoms with Gasteiger partial charge >= 0.3 is 0 Å². The lowest BCUT2D eigenvalue weighted by molar-refractivity contribution is 0.0665. The van der Waals surface area contributed by atoms with E-state index in [1.54, 1.807) is 0 Å². The van der Waals surface area contributed by atoms with Crippen LogP contribution in [-0.2, 0) is 5.41 Å². The molecule has 4 rings (SSSR count). The SMILES string of the molecule is CC(C)(C)c1[nH]ncc1[C@@H]1Nc2ccccc2C(=O)N1C1CC1. The Balaban J connectivity index is 1.82. The Morgan fingerprint density at radius 2 is 1.96 bits per heavy atom. The van der Waals surface area contributed by atoms with Crippen molar-refractivity contribution in [2.75, 3.05) is 5.32 Å². The van der Waals surface area contributed by atoms with Gasteiger partial charge in [0, 0.05) is 28.4 Å². The number of nitrogens with one attached hydrogen (secondary N) is 2. The molecule has 5 heteroatoms. The molecular weight excluding hydrogens is 288 g/mol. The van der Waals surface area contributed by atoms with Crippen LogP contribution in [0.2, 0.25) is 0 Å². The predicted molar refractivity (Wildman–Crippen MR) is 89.3 cm³/mol. The minimum Gasteiger partial charge on any atom is -0.361 e. The molecule has 2 heterocycles. The molecule has 1 fully saturated rings. The van der Waals surface area contributed by atoms with Crippen molar-refractivity contribution < 1.29 is 4.79 Å². The van der Waals surface area contributed by atoms with Crippen molar-refractivity contribution in [3.63, 3.8) is 0 Å². The van der Waals surface area contributed by atoms with Crippen molar-refractivity contribution in [3.8, 4) is 0 Å². The van der Waals surface area contributed by atoms with E-state index in [1.165, 1.54) is 0 Å². The normalized spacial score (nSPS) is 21.1. The molecule has 2 aromatic rings. The number of hydrogen-bond donors (Lipinski definition) is 2. The number of aromatic nitrogens is 2. The van der Waals surface area contributed by atoms with E-state index in [9.17, 15) is 4.79 Å². The van der Waals surface area contributed by atoms with E-state index in [2.05, 4.69) is 36.3 Å². The van der Waals surface area contributed by atoms with Crippen LogP contribution < -0.4 is 5.32 Å². The number of nitrogens with zero attached hydrogens (tertiary/aromatic N) is 2. The van der Waals surface area contributed by atoms with Crippen molar-refractivity contribution in [1.82, 2.24) is 15.1 Å². The average molecular weight is 310 g/mol. The van der Waals surface area contributed by atoms with Gasteiger partial charge in [0.15, 0.2) is 0 Å². The molecule has 0 spiro atoms. The van der Waals surface area contributed by atoms with E-state index in [0.717, 1.165) is 35.3 Å². The number of para-hydroxylation sites is 1. The first kappa shape index (κ1) is 14.3. The van der Waals surface area contributed by atoms with Gasteiger partial charge in [-0.1, -0.05) is 32.9 Å². The molecule has 1 amide bonds. The third-order valence-electron chi connectivity index (χ3n) is 4.62. The smallest absolute Gasteiger partial charge is 0.258 e. The van der Waals surface area contributed by atoms with Crippen molar-refractivity contribution in [1.29, 1.82) is 0 Å². The molecule has 1 aliphatic carbocycles. The summed E-state index contributed by atoms with van der Waals surface area (Å²) in [5.41, 5.74) is 3.75. The fourth-order valence-electron chi connectivity index (χ4n) is 3.33. The zero-order valence-corrected chi connectivity index (χ0v) is 13.8. The first-order valence-corrected chi connectivity index (χ1v) is 8.19. The van der Waals surface area contributed by atoms with Crippen molar-refractivity contribution in [2.24, 2.45) is 0 Å². The predicted octanol–water partition coefficient (Wildman–Crippen LogP) is 3.44. The van der Waals surface area contributed by atoms with Crippen LogP contribution in [0.4, 0.5) is 5.69 Å². The van der Waals surface area contributed by atoms with E-state index in [-0.39, 0.29) is 17.5 Å². The Morgan fingerprint density at radius 3 is 2.65 bits per heavy atom. The summed E-state index contributed by atoms with van der Waals surface area (Å²) in [6, 6.07) is 8.08. The molecule has 0 unspecified atom stereocenters. The summed E-state index contributed by atoms with van der Waals surface area (Å²) in [5.74, 6) is 0.118. The highest BCUT2D eigenvalue weighted by Gasteiger charge is 2.43. The highest BCUT2D eigenvalue weighted by Crippen LogP contribution is 2.42. The number of aromatic amines is 1. The summed E-state index contributed by atoms with van der Waals surface area (Å²) >= 11 is 0. The number of H-pyrrole nitrogens is 1. The Hall–Kier alpha value is -2.30. The highest BCUT2D eigenvalue weighted by molar-refractivity contribution is 6.02. The van der Waals surface area contributed by atoms with Crippen LogP contribution in [0.15, 0.2) is 30.5 Å². The molecule has 2 aliphatic rings. The summed E-state index contributed by atoms with van der Waals surface area (Å²) in [5, 5.41) is 10.9. The first-order valence-electron chi connectivity index (χ1n) is 8.19. The van der Waals surface area contributed by atoms with Gasteiger partial charge in [0.25, 0.3) is 5.91 Å². The lowest BCUT2D eigenvalue weighted by Gasteiger charge is -2.39. The number of fused-ring (bicyclic) bond motifs is 1. The van der Waals surface area contributed by atoms with Gasteiger partial charge in [0.05, 0.1) is 11.8 Å². The minimum absolute atomic E-state index is 0.0528. The van der Waals surface area contributed by atoms with Crippen LogP contribution in [-0.4, -0.2) is 27.0 Å². The summed E-state index contributed by atoms with van der Waals surface area (Å²) < 4.78 is 0. The number of hydrogen-bond acceptors (Lipinski definition) is 3. The van der Waals surface area contributed by atoms with Gasteiger partial charge in [-0.05, 0) is 25.0 Å². The van der Waals surface area contributed by atoms with Crippen LogP contribution in [0.5, 0.6) is 0 Å². The Labute approximate surface area is 136 Å². The first-order chi connectivity index (χ1) is 11.0. The molecule has 0 saturated heterocycles. The topological polar surface area (TPSA) is 61.0 Å². The number of carbonyl (C=O) groups excluding carboxylic acids is 1. The third kappa shape index (κ3) is 2.31. The number of benzene rings is 1. The molecule has 2 N–H and O–H groups in total. The number of anilines is 1. The second kappa shape index (κ2) is 4.85. The summed E-state index contributed by atoms with van der Waals surface area (Å²) in [6.45, 7) is 6.47. The van der Waals surface area contributed by atoms with Crippen LogP contribution in [0.25, 0.3) is 0 Å². The molecule has 1 saturated carbocycles. The van der Waals surface area contributed by atoms with Gasteiger partial charge in [-0.25, -0.2) is 0 Å². The number of amides is 1. The largest absolute Gasteiger partial charge is 0.361 e. The lowest BCUT2D eigenvalue weighted by Crippen LogP contribution is -2.44. The molecule has 1 atom stereocenters. The standard InChI is InChI=1S/C18H22N4O/c1-18(2,3)15-13(10-19-21-15)16-20-14-7-5-4-6-12(14)17(23)22(16)11-8-9-11/h4-7,10-11,16,20H,8-9H2,1-3H3,(H,19,21)/t16-/m1/s1. The maximum absolute atomic E-state index is 13.0. The quantitative estimate of drug-likeness (QED) is 0.893. The van der Waals surface area contributed by atoms with E-state index in [0.29, 0.717) is 6.04 Å². The van der Waals surface area contributed by atoms with Crippen LogP contribution >= 0.6 is 0 Å². The summed E-state index contributed by atoms with van der Waals surface area (Å²) in [4.78, 5) is 15.0. The molecule has 23 heavy (non-hydrogen) atoms. The van der Waals surface area contributed by atoms with Crippen molar-refractivity contribution in [3.05, 3.63) is 47.3 Å². The Kier molecular flexibility index (Phi) is 3.01. The van der Waals surface area contributed by atoms with Gasteiger partial charge in [-0.15, -0.1) is 0 Å². The fourth-order valence-corrected chi connectivity index (χ4v) is 3.33. The Bertz CT molecular complexity index is 754. The van der Waals surface area contributed by atoms with E-state index < -0.39 is 0 Å². The third-order valence-corrected chi connectivity index (χ3v) is 4.62. The molecule has 1 aromatic carbocycles. The van der Waals surface area contributed by atoms with Gasteiger partial charge in [-0.2, -0.15) is 5.10 Å². The molecular formula is C18H22N4O. The summed E-state index contributed by atoms with van der Waals surface area (Å²) in [6.07, 6.45) is 3.86. The second-order valence-electron chi connectivity index (χ2n) is 7.49. The lowest BCUT2D eigenvalue weighted by atomic mass is 9.88. The zero-order valence-electron chi connectivity index (χ0n) is 13.8. The highest BCUT2D eigenvalue weighted by atomic mass is 16.2. The van der Waals surface area contributed by atoms with Gasteiger partial charge < -0.3 is 10.2 Å². The van der Waals surface area contributed by atoms with Gasteiger partial charge in [0.2, 0.25) is 0 Å². The molecule has 1 aromatic heterocycles. The van der Waals surface area contributed by atoms with Crippen molar-refractivity contribution in [2.45, 2.75) is 51.2 Å².